The van der Waals surface area contributed by atoms with E-state index in [9.17, 15) is 0 Å². The first kappa shape index (κ1) is 19.1. The fourth-order valence-electron chi connectivity index (χ4n) is 2.43. The third kappa shape index (κ3) is 6.31. The summed E-state index contributed by atoms with van der Waals surface area (Å²) >= 11 is 6.26. The zero-order valence-electron chi connectivity index (χ0n) is 15.1. The number of nitrogens with zero attached hydrogens (tertiary/aromatic N) is 3. The van der Waals surface area contributed by atoms with Gasteiger partial charge in [0.05, 0.1) is 13.3 Å². The van der Waals surface area contributed by atoms with Gasteiger partial charge in [-0.05, 0) is 43.0 Å². The molecule has 1 aromatic carbocycles. The van der Waals surface area contributed by atoms with Gasteiger partial charge in [0.2, 0.25) is 0 Å². The van der Waals surface area contributed by atoms with E-state index in [1.54, 1.807) is 14.2 Å². The number of benzene rings is 1. The van der Waals surface area contributed by atoms with Crippen molar-refractivity contribution < 1.29 is 4.74 Å². The van der Waals surface area contributed by atoms with Crippen molar-refractivity contribution in [2.75, 3.05) is 27.2 Å². The normalized spacial score (nSPS) is 11.4. The standard InChI is InChI=1S/C18H26ClN5O/c1-14-12-23-24(13-14)10-4-8-21-18(20-2)22-9-7-15-5-6-16(25-3)11-17(15)19/h5-6,11-13H,4,7-10H2,1-3H3,(H2,20,21,22). The van der Waals surface area contributed by atoms with Crippen molar-refractivity contribution in [3.63, 3.8) is 0 Å². The van der Waals surface area contributed by atoms with E-state index in [0.717, 1.165) is 54.8 Å². The minimum absolute atomic E-state index is 0.721. The Hall–Kier alpha value is -2.21. The van der Waals surface area contributed by atoms with Crippen LogP contribution in [0.4, 0.5) is 0 Å². The summed E-state index contributed by atoms with van der Waals surface area (Å²) < 4.78 is 7.12. The summed E-state index contributed by atoms with van der Waals surface area (Å²) in [5, 5.41) is 11.6. The Bertz CT molecular complexity index is 699. The molecular weight excluding hydrogens is 338 g/mol. The zero-order valence-corrected chi connectivity index (χ0v) is 15.8. The van der Waals surface area contributed by atoms with Crippen molar-refractivity contribution in [3.05, 3.63) is 46.7 Å². The van der Waals surface area contributed by atoms with Gasteiger partial charge >= 0.3 is 0 Å². The number of halogens is 1. The smallest absolute Gasteiger partial charge is 0.190 e. The van der Waals surface area contributed by atoms with E-state index in [4.69, 9.17) is 16.3 Å². The number of hydrogen-bond acceptors (Lipinski definition) is 3. The minimum atomic E-state index is 0.721. The van der Waals surface area contributed by atoms with Crippen molar-refractivity contribution >= 4 is 17.6 Å². The van der Waals surface area contributed by atoms with Crippen LogP contribution in [0.3, 0.4) is 0 Å². The molecule has 0 saturated heterocycles. The Morgan fingerprint density at radius 3 is 2.76 bits per heavy atom. The molecule has 0 fully saturated rings. The van der Waals surface area contributed by atoms with Crippen molar-refractivity contribution in [1.29, 1.82) is 0 Å². The summed E-state index contributed by atoms with van der Waals surface area (Å²) in [6.07, 6.45) is 5.71. The van der Waals surface area contributed by atoms with Crippen molar-refractivity contribution in [1.82, 2.24) is 20.4 Å². The van der Waals surface area contributed by atoms with Gasteiger partial charge in [-0.15, -0.1) is 0 Å². The van der Waals surface area contributed by atoms with Gasteiger partial charge in [-0.2, -0.15) is 5.10 Å². The lowest BCUT2D eigenvalue weighted by Gasteiger charge is -2.12. The minimum Gasteiger partial charge on any atom is -0.497 e. The quantitative estimate of drug-likeness (QED) is 0.430. The van der Waals surface area contributed by atoms with Crippen LogP contribution in [0.1, 0.15) is 17.5 Å². The van der Waals surface area contributed by atoms with Crippen LogP contribution < -0.4 is 15.4 Å². The molecule has 0 spiro atoms. The second-order valence-corrected chi connectivity index (χ2v) is 6.17. The van der Waals surface area contributed by atoms with Gasteiger partial charge in [-0.3, -0.25) is 9.67 Å². The van der Waals surface area contributed by atoms with Crippen LogP contribution in [0.25, 0.3) is 0 Å². The number of aromatic nitrogens is 2. The third-order valence-corrected chi connectivity index (χ3v) is 4.14. The van der Waals surface area contributed by atoms with Gasteiger partial charge in [-0.25, -0.2) is 0 Å². The van der Waals surface area contributed by atoms with Crippen LogP contribution >= 0.6 is 11.6 Å². The summed E-state index contributed by atoms with van der Waals surface area (Å²) in [6.45, 7) is 4.52. The molecule has 0 aliphatic rings. The second kappa shape index (κ2) is 9.93. The molecule has 0 amide bonds. The molecule has 2 aromatic rings. The molecule has 2 rings (SSSR count). The number of nitrogens with one attached hydrogen (secondary N) is 2. The van der Waals surface area contributed by atoms with E-state index in [-0.39, 0.29) is 0 Å². The number of guanidine groups is 1. The van der Waals surface area contributed by atoms with Crippen molar-refractivity contribution in [2.45, 2.75) is 26.3 Å². The van der Waals surface area contributed by atoms with Gasteiger partial charge in [0.25, 0.3) is 0 Å². The lowest BCUT2D eigenvalue weighted by atomic mass is 10.1. The highest BCUT2D eigenvalue weighted by molar-refractivity contribution is 6.31. The SMILES string of the molecule is CN=C(NCCCn1cc(C)cn1)NCCc1ccc(OC)cc1Cl. The Kier molecular flexibility index (Phi) is 7.60. The Balaban J connectivity index is 1.68. The van der Waals surface area contributed by atoms with Crippen LogP contribution in [0, 0.1) is 6.92 Å². The number of rotatable bonds is 8. The Morgan fingerprint density at radius 2 is 2.12 bits per heavy atom. The summed E-state index contributed by atoms with van der Waals surface area (Å²) in [7, 11) is 3.41. The molecule has 6 nitrogen and oxygen atoms in total. The first-order valence-electron chi connectivity index (χ1n) is 8.38. The first-order valence-corrected chi connectivity index (χ1v) is 8.76. The molecule has 1 aromatic heterocycles. The average molecular weight is 364 g/mol. The highest BCUT2D eigenvalue weighted by Gasteiger charge is 2.03. The maximum absolute atomic E-state index is 6.26. The summed E-state index contributed by atoms with van der Waals surface area (Å²) in [5.41, 5.74) is 2.27. The topological polar surface area (TPSA) is 63.5 Å². The van der Waals surface area contributed by atoms with E-state index in [1.807, 2.05) is 42.2 Å². The largest absolute Gasteiger partial charge is 0.497 e. The molecule has 0 bridgehead atoms. The number of aryl methyl sites for hydroxylation is 2. The molecule has 0 atom stereocenters. The number of aliphatic imine (C=N–C) groups is 1. The molecule has 0 aliphatic carbocycles. The fraction of sp³-hybridized carbons (Fsp3) is 0.444. The number of methoxy groups -OCH3 is 1. The van der Waals surface area contributed by atoms with Crippen LogP contribution in [-0.2, 0) is 13.0 Å². The highest BCUT2D eigenvalue weighted by Crippen LogP contribution is 2.22. The van der Waals surface area contributed by atoms with Crippen LogP contribution in [-0.4, -0.2) is 43.0 Å². The van der Waals surface area contributed by atoms with E-state index in [1.165, 1.54) is 5.56 Å². The van der Waals surface area contributed by atoms with E-state index in [0.29, 0.717) is 0 Å². The van der Waals surface area contributed by atoms with Crippen molar-refractivity contribution in [2.24, 2.45) is 4.99 Å². The maximum atomic E-state index is 6.26. The predicted molar refractivity (Wildman–Crippen MR) is 103 cm³/mol. The summed E-state index contributed by atoms with van der Waals surface area (Å²) in [5.74, 6) is 1.56. The van der Waals surface area contributed by atoms with E-state index in [2.05, 4.69) is 20.7 Å². The van der Waals surface area contributed by atoms with Crippen LogP contribution in [0.5, 0.6) is 5.75 Å². The molecule has 0 radical (unpaired) electrons. The molecule has 25 heavy (non-hydrogen) atoms. The highest BCUT2D eigenvalue weighted by atomic mass is 35.5. The molecule has 0 unspecified atom stereocenters. The first-order chi connectivity index (χ1) is 12.1. The average Bonchev–Trinajstić information content (AvgIpc) is 3.03. The van der Waals surface area contributed by atoms with Crippen molar-refractivity contribution in [3.8, 4) is 5.75 Å². The van der Waals surface area contributed by atoms with E-state index < -0.39 is 0 Å². The molecule has 0 aliphatic heterocycles. The molecule has 0 saturated carbocycles. The molecule has 136 valence electrons. The van der Waals surface area contributed by atoms with Gasteiger partial charge in [0.1, 0.15) is 5.75 Å². The molecular formula is C18H26ClN5O. The van der Waals surface area contributed by atoms with Gasteiger partial charge < -0.3 is 15.4 Å². The van der Waals surface area contributed by atoms with Gasteiger partial charge in [0.15, 0.2) is 5.96 Å². The van der Waals surface area contributed by atoms with E-state index >= 15 is 0 Å². The fourth-order valence-corrected chi connectivity index (χ4v) is 2.70. The lowest BCUT2D eigenvalue weighted by Crippen LogP contribution is -2.39. The van der Waals surface area contributed by atoms with Crippen LogP contribution in [0.15, 0.2) is 35.6 Å². The third-order valence-electron chi connectivity index (χ3n) is 3.79. The van der Waals surface area contributed by atoms with Gasteiger partial charge in [0, 0.05) is 37.9 Å². The number of ether oxygens (including phenoxy) is 1. The van der Waals surface area contributed by atoms with Gasteiger partial charge in [-0.1, -0.05) is 17.7 Å². The Labute approximate surface area is 154 Å². The molecule has 1 heterocycles. The predicted octanol–water partition coefficient (Wildman–Crippen LogP) is 2.65. The summed E-state index contributed by atoms with van der Waals surface area (Å²) in [6, 6.07) is 5.75. The zero-order chi connectivity index (χ0) is 18.1. The molecule has 7 heteroatoms. The number of hydrogen-bond donors (Lipinski definition) is 2. The van der Waals surface area contributed by atoms with Crippen LogP contribution in [0.2, 0.25) is 5.02 Å². The second-order valence-electron chi connectivity index (χ2n) is 5.77. The maximum Gasteiger partial charge on any atom is 0.190 e. The summed E-state index contributed by atoms with van der Waals surface area (Å²) in [4.78, 5) is 4.24. The monoisotopic (exact) mass is 363 g/mol. The lowest BCUT2D eigenvalue weighted by molar-refractivity contribution is 0.414. The Morgan fingerprint density at radius 1 is 1.32 bits per heavy atom. The molecule has 2 N–H and O–H groups in total.